The lowest BCUT2D eigenvalue weighted by molar-refractivity contribution is 0.573. The summed E-state index contributed by atoms with van der Waals surface area (Å²) in [4.78, 5) is 8.54. The number of thiazole rings is 1. The molecule has 4 nitrogen and oxygen atoms in total. The standard InChI is InChI=1S/C16H18N4S/c1-12-10-21-16(19-12)9-18-13(2)14-3-5-15(6-4-14)20-8-7-17-11-20/h3-8,10-11,13,18H,9H2,1-2H3. The van der Waals surface area contributed by atoms with Crippen molar-refractivity contribution >= 4 is 11.3 Å². The molecule has 1 N–H and O–H groups in total. The van der Waals surface area contributed by atoms with Crippen molar-refractivity contribution in [3.8, 4) is 5.69 Å². The predicted octanol–water partition coefficient (Wildman–Crippen LogP) is 3.49. The van der Waals surface area contributed by atoms with Gasteiger partial charge in [-0.2, -0.15) is 0 Å². The molecule has 2 aromatic heterocycles. The number of nitrogens with zero attached hydrogens (tertiary/aromatic N) is 3. The Morgan fingerprint density at radius 3 is 2.71 bits per heavy atom. The van der Waals surface area contributed by atoms with Crippen LogP contribution in [0.3, 0.4) is 0 Å². The summed E-state index contributed by atoms with van der Waals surface area (Å²) in [5.41, 5.74) is 3.49. The summed E-state index contributed by atoms with van der Waals surface area (Å²) >= 11 is 1.70. The van der Waals surface area contributed by atoms with Crippen LogP contribution >= 0.6 is 11.3 Å². The first-order chi connectivity index (χ1) is 10.2. The Kier molecular flexibility index (Phi) is 4.13. The van der Waals surface area contributed by atoms with E-state index >= 15 is 0 Å². The minimum absolute atomic E-state index is 0.297. The average molecular weight is 298 g/mol. The highest BCUT2D eigenvalue weighted by Gasteiger charge is 2.06. The monoisotopic (exact) mass is 298 g/mol. The van der Waals surface area contributed by atoms with Gasteiger partial charge in [0.05, 0.1) is 6.33 Å². The van der Waals surface area contributed by atoms with Gasteiger partial charge in [0.2, 0.25) is 0 Å². The average Bonchev–Trinajstić information content (AvgIpc) is 3.16. The number of hydrogen-bond acceptors (Lipinski definition) is 4. The smallest absolute Gasteiger partial charge is 0.107 e. The van der Waals surface area contributed by atoms with E-state index in [1.165, 1.54) is 5.56 Å². The lowest BCUT2D eigenvalue weighted by Gasteiger charge is -2.14. The fourth-order valence-corrected chi connectivity index (χ4v) is 2.91. The molecular formula is C16H18N4S. The molecule has 0 spiro atoms. The third-order valence-electron chi connectivity index (χ3n) is 3.42. The van der Waals surface area contributed by atoms with Gasteiger partial charge in [0.25, 0.3) is 0 Å². The maximum atomic E-state index is 4.47. The number of aryl methyl sites for hydroxylation is 1. The summed E-state index contributed by atoms with van der Waals surface area (Å²) in [5, 5.41) is 6.73. The van der Waals surface area contributed by atoms with Gasteiger partial charge in [-0.15, -0.1) is 11.3 Å². The number of aromatic nitrogens is 3. The van der Waals surface area contributed by atoms with Crippen LogP contribution in [0.25, 0.3) is 5.69 Å². The fourth-order valence-electron chi connectivity index (χ4n) is 2.19. The van der Waals surface area contributed by atoms with Gasteiger partial charge < -0.3 is 9.88 Å². The summed E-state index contributed by atoms with van der Waals surface area (Å²) in [6.07, 6.45) is 5.54. The van der Waals surface area contributed by atoms with Crippen LogP contribution in [0.1, 0.15) is 29.2 Å². The number of imidazole rings is 1. The largest absolute Gasteiger partial charge is 0.306 e. The van der Waals surface area contributed by atoms with Crippen LogP contribution in [0.5, 0.6) is 0 Å². The maximum absolute atomic E-state index is 4.47. The quantitative estimate of drug-likeness (QED) is 0.784. The van der Waals surface area contributed by atoms with Gasteiger partial charge in [-0.25, -0.2) is 9.97 Å². The highest BCUT2D eigenvalue weighted by atomic mass is 32.1. The van der Waals surface area contributed by atoms with E-state index in [1.807, 2.05) is 24.0 Å². The summed E-state index contributed by atoms with van der Waals surface area (Å²) < 4.78 is 2.00. The number of benzene rings is 1. The third-order valence-corrected chi connectivity index (χ3v) is 4.39. The molecule has 21 heavy (non-hydrogen) atoms. The van der Waals surface area contributed by atoms with E-state index in [4.69, 9.17) is 0 Å². The van der Waals surface area contributed by atoms with Gasteiger partial charge in [0, 0.05) is 41.7 Å². The molecule has 3 aromatic rings. The van der Waals surface area contributed by atoms with Gasteiger partial charge in [0.15, 0.2) is 0 Å². The first kappa shape index (κ1) is 14.0. The number of nitrogens with one attached hydrogen (secondary N) is 1. The molecule has 108 valence electrons. The van der Waals surface area contributed by atoms with Crippen LogP contribution < -0.4 is 5.32 Å². The van der Waals surface area contributed by atoms with Crippen molar-refractivity contribution < 1.29 is 0 Å². The van der Waals surface area contributed by atoms with E-state index in [1.54, 1.807) is 17.5 Å². The Bertz CT molecular complexity index is 685. The summed E-state index contributed by atoms with van der Waals surface area (Å²) in [6.45, 7) is 5.01. The van der Waals surface area contributed by atoms with Gasteiger partial charge in [-0.05, 0) is 31.5 Å². The predicted molar refractivity (Wildman–Crippen MR) is 85.7 cm³/mol. The Balaban J connectivity index is 1.63. The zero-order chi connectivity index (χ0) is 14.7. The Morgan fingerprint density at radius 2 is 2.10 bits per heavy atom. The minimum Gasteiger partial charge on any atom is -0.306 e. The molecule has 0 aliphatic carbocycles. The molecule has 0 amide bonds. The van der Waals surface area contributed by atoms with E-state index in [-0.39, 0.29) is 0 Å². The third kappa shape index (κ3) is 3.37. The molecule has 0 saturated heterocycles. The molecule has 1 unspecified atom stereocenters. The second-order valence-corrected chi connectivity index (χ2v) is 5.99. The van der Waals surface area contributed by atoms with Crippen molar-refractivity contribution in [3.63, 3.8) is 0 Å². The molecule has 0 radical (unpaired) electrons. The van der Waals surface area contributed by atoms with Crippen molar-refractivity contribution in [1.29, 1.82) is 0 Å². The van der Waals surface area contributed by atoms with E-state index in [0.717, 1.165) is 22.9 Å². The lowest BCUT2D eigenvalue weighted by Crippen LogP contribution is -2.18. The van der Waals surface area contributed by atoms with Crippen molar-refractivity contribution in [3.05, 3.63) is 64.6 Å². The molecular weight excluding hydrogens is 280 g/mol. The molecule has 0 saturated carbocycles. The van der Waals surface area contributed by atoms with Crippen molar-refractivity contribution in [2.24, 2.45) is 0 Å². The van der Waals surface area contributed by atoms with Gasteiger partial charge >= 0.3 is 0 Å². The normalized spacial score (nSPS) is 12.5. The second kappa shape index (κ2) is 6.20. The molecule has 5 heteroatoms. The zero-order valence-corrected chi connectivity index (χ0v) is 13.0. The van der Waals surface area contributed by atoms with Crippen LogP contribution in [0.4, 0.5) is 0 Å². The molecule has 1 aromatic carbocycles. The lowest BCUT2D eigenvalue weighted by atomic mass is 10.1. The Labute approximate surface area is 128 Å². The molecule has 3 rings (SSSR count). The molecule has 0 aliphatic heterocycles. The summed E-state index contributed by atoms with van der Waals surface area (Å²) in [7, 11) is 0. The Hall–Kier alpha value is -1.98. The van der Waals surface area contributed by atoms with Crippen molar-refractivity contribution in [2.45, 2.75) is 26.4 Å². The number of rotatable bonds is 5. The van der Waals surface area contributed by atoms with Gasteiger partial charge in [0.1, 0.15) is 5.01 Å². The molecule has 0 bridgehead atoms. The fraction of sp³-hybridized carbons (Fsp3) is 0.250. The molecule has 1 atom stereocenters. The molecule has 0 fully saturated rings. The molecule has 0 aliphatic rings. The maximum Gasteiger partial charge on any atom is 0.107 e. The molecule has 2 heterocycles. The first-order valence-corrected chi connectivity index (χ1v) is 7.83. The van der Waals surface area contributed by atoms with E-state index in [9.17, 15) is 0 Å². The second-order valence-electron chi connectivity index (χ2n) is 5.05. The van der Waals surface area contributed by atoms with Crippen molar-refractivity contribution in [2.75, 3.05) is 0 Å². The van der Waals surface area contributed by atoms with Crippen LogP contribution in [0.2, 0.25) is 0 Å². The van der Waals surface area contributed by atoms with E-state index < -0.39 is 0 Å². The zero-order valence-electron chi connectivity index (χ0n) is 12.2. The van der Waals surface area contributed by atoms with Crippen molar-refractivity contribution in [1.82, 2.24) is 19.9 Å². The minimum atomic E-state index is 0.297. The number of hydrogen-bond donors (Lipinski definition) is 1. The topological polar surface area (TPSA) is 42.7 Å². The van der Waals surface area contributed by atoms with Crippen LogP contribution in [-0.2, 0) is 6.54 Å². The highest BCUT2D eigenvalue weighted by Crippen LogP contribution is 2.17. The SMILES string of the molecule is Cc1csc(CNC(C)c2ccc(-n3ccnc3)cc2)n1. The summed E-state index contributed by atoms with van der Waals surface area (Å²) in [6, 6.07) is 8.83. The Morgan fingerprint density at radius 1 is 1.29 bits per heavy atom. The van der Waals surface area contributed by atoms with Gasteiger partial charge in [-0.3, -0.25) is 0 Å². The van der Waals surface area contributed by atoms with Crippen LogP contribution in [0.15, 0.2) is 48.4 Å². The van der Waals surface area contributed by atoms with Crippen LogP contribution in [0, 0.1) is 6.92 Å². The van der Waals surface area contributed by atoms with E-state index in [0.29, 0.717) is 6.04 Å². The van der Waals surface area contributed by atoms with Crippen LogP contribution in [-0.4, -0.2) is 14.5 Å². The van der Waals surface area contributed by atoms with E-state index in [2.05, 4.69) is 51.9 Å². The van der Waals surface area contributed by atoms with Gasteiger partial charge in [-0.1, -0.05) is 12.1 Å². The first-order valence-electron chi connectivity index (χ1n) is 6.95. The highest BCUT2D eigenvalue weighted by molar-refractivity contribution is 7.09. The summed E-state index contributed by atoms with van der Waals surface area (Å²) in [5.74, 6) is 0.